The predicted octanol–water partition coefficient (Wildman–Crippen LogP) is 0.491. The van der Waals surface area contributed by atoms with E-state index in [1.165, 1.54) is 4.90 Å². The Morgan fingerprint density at radius 3 is 2.56 bits per heavy atom. The number of aliphatic hydroxyl groups is 1. The summed E-state index contributed by atoms with van der Waals surface area (Å²) in [5.41, 5.74) is -0.606. The van der Waals surface area contributed by atoms with Gasteiger partial charge in [0.2, 0.25) is 5.91 Å². The third-order valence-electron chi connectivity index (χ3n) is 2.78. The minimum atomic E-state index is -0.716. The van der Waals surface area contributed by atoms with Gasteiger partial charge in [-0.25, -0.2) is 4.79 Å². The van der Waals surface area contributed by atoms with Crippen LogP contribution < -0.4 is 5.32 Å². The lowest BCUT2D eigenvalue weighted by molar-refractivity contribution is -0.131. The van der Waals surface area contributed by atoms with E-state index in [9.17, 15) is 14.7 Å². The molecule has 0 aromatic heterocycles. The third-order valence-corrected chi connectivity index (χ3v) is 2.78. The molecule has 2 N–H and O–H groups in total. The van der Waals surface area contributed by atoms with E-state index in [0.717, 1.165) is 0 Å². The number of carbonyl (C=O) groups is 2. The number of aliphatic hydroxyl groups excluding tert-OH is 1. The number of rotatable bonds is 1. The maximum atomic E-state index is 12.0. The highest BCUT2D eigenvalue weighted by Gasteiger charge is 2.38. The Labute approximate surface area is 107 Å². The van der Waals surface area contributed by atoms with Crippen LogP contribution in [0.25, 0.3) is 0 Å². The molecular weight excluding hydrogens is 236 g/mol. The molecule has 0 aromatic carbocycles. The van der Waals surface area contributed by atoms with Crippen LogP contribution in [0.15, 0.2) is 0 Å². The molecule has 1 heterocycles. The fourth-order valence-corrected chi connectivity index (χ4v) is 1.69. The van der Waals surface area contributed by atoms with E-state index in [2.05, 4.69) is 5.32 Å². The van der Waals surface area contributed by atoms with Gasteiger partial charge in [0.05, 0.1) is 12.1 Å². The molecule has 6 nitrogen and oxygen atoms in total. The number of hydrogen-bond donors (Lipinski definition) is 2. The van der Waals surface area contributed by atoms with Gasteiger partial charge >= 0.3 is 6.09 Å². The van der Waals surface area contributed by atoms with E-state index in [-0.39, 0.29) is 12.5 Å². The molecule has 2 amide bonds. The van der Waals surface area contributed by atoms with Crippen molar-refractivity contribution in [3.05, 3.63) is 0 Å². The molecule has 104 valence electrons. The fraction of sp³-hybridized carbons (Fsp3) is 0.833. The van der Waals surface area contributed by atoms with Crippen molar-refractivity contribution in [3.63, 3.8) is 0 Å². The summed E-state index contributed by atoms with van der Waals surface area (Å²) in [7, 11) is 0. The SMILES string of the molecule is C[C@H](O)[C@@H]1CN(C(=O)OC(C)(C)C)[C@H](C)C(=O)N1. The van der Waals surface area contributed by atoms with E-state index >= 15 is 0 Å². The van der Waals surface area contributed by atoms with Gasteiger partial charge in [0.25, 0.3) is 0 Å². The minimum absolute atomic E-state index is 0.249. The maximum absolute atomic E-state index is 12.0. The highest BCUT2D eigenvalue weighted by Crippen LogP contribution is 2.16. The number of hydrogen-bond acceptors (Lipinski definition) is 4. The molecular formula is C12H22N2O4. The molecule has 0 bridgehead atoms. The number of ether oxygens (including phenoxy) is 1. The van der Waals surface area contributed by atoms with Crippen LogP contribution >= 0.6 is 0 Å². The lowest BCUT2D eigenvalue weighted by Crippen LogP contribution is -2.63. The first kappa shape index (κ1) is 14.8. The van der Waals surface area contributed by atoms with Gasteiger partial charge in [-0.05, 0) is 34.6 Å². The van der Waals surface area contributed by atoms with Crippen LogP contribution in [0.5, 0.6) is 0 Å². The van der Waals surface area contributed by atoms with Gasteiger partial charge in [0.1, 0.15) is 11.6 Å². The van der Waals surface area contributed by atoms with Crippen molar-refractivity contribution in [1.29, 1.82) is 0 Å². The third kappa shape index (κ3) is 3.60. The average molecular weight is 258 g/mol. The molecule has 3 atom stereocenters. The van der Waals surface area contributed by atoms with Gasteiger partial charge in [-0.15, -0.1) is 0 Å². The molecule has 1 rings (SSSR count). The van der Waals surface area contributed by atoms with Gasteiger partial charge in [0.15, 0.2) is 0 Å². The van der Waals surface area contributed by atoms with Crippen LogP contribution in [0.1, 0.15) is 34.6 Å². The molecule has 1 aliphatic heterocycles. The van der Waals surface area contributed by atoms with Crippen LogP contribution in [0, 0.1) is 0 Å². The molecule has 18 heavy (non-hydrogen) atoms. The summed E-state index contributed by atoms with van der Waals surface area (Å²) in [5, 5.41) is 12.2. The van der Waals surface area contributed by atoms with Crippen molar-refractivity contribution in [3.8, 4) is 0 Å². The summed E-state index contributed by atoms with van der Waals surface area (Å²) in [6.45, 7) is 8.77. The molecule has 1 fully saturated rings. The Kier molecular flexibility index (Phi) is 4.21. The molecule has 0 spiro atoms. The summed E-state index contributed by atoms with van der Waals surface area (Å²) >= 11 is 0. The second-order valence-electron chi connectivity index (χ2n) is 5.66. The number of amides is 2. The largest absolute Gasteiger partial charge is 0.444 e. The highest BCUT2D eigenvalue weighted by molar-refractivity contribution is 5.86. The van der Waals surface area contributed by atoms with E-state index in [0.29, 0.717) is 0 Å². The van der Waals surface area contributed by atoms with Crippen molar-refractivity contribution >= 4 is 12.0 Å². The lowest BCUT2D eigenvalue weighted by atomic mass is 10.1. The van der Waals surface area contributed by atoms with Crippen LogP contribution in [-0.4, -0.2) is 52.3 Å². The van der Waals surface area contributed by atoms with Gasteiger partial charge in [-0.1, -0.05) is 0 Å². The molecule has 1 saturated heterocycles. The molecule has 1 aliphatic rings. The Bertz CT molecular complexity index is 335. The summed E-state index contributed by atoms with van der Waals surface area (Å²) in [6.07, 6.45) is -1.25. The topological polar surface area (TPSA) is 78.9 Å². The van der Waals surface area contributed by atoms with Crippen LogP contribution in [0.2, 0.25) is 0 Å². The van der Waals surface area contributed by atoms with Crippen molar-refractivity contribution in [2.24, 2.45) is 0 Å². The van der Waals surface area contributed by atoms with Gasteiger partial charge < -0.3 is 15.2 Å². The zero-order valence-electron chi connectivity index (χ0n) is 11.6. The Balaban J connectivity index is 2.78. The zero-order valence-corrected chi connectivity index (χ0v) is 11.6. The lowest BCUT2D eigenvalue weighted by Gasteiger charge is -2.39. The number of nitrogens with zero attached hydrogens (tertiary/aromatic N) is 1. The quantitative estimate of drug-likeness (QED) is 0.717. The van der Waals surface area contributed by atoms with E-state index < -0.39 is 29.9 Å². The standard InChI is InChI=1S/C12H22N2O4/c1-7-10(16)13-9(8(2)15)6-14(7)11(17)18-12(3,4)5/h7-9,15H,6H2,1-5H3,(H,13,16)/t7-,8+,9+/m1/s1. The monoisotopic (exact) mass is 258 g/mol. The van der Waals surface area contributed by atoms with E-state index in [1.807, 2.05) is 0 Å². The van der Waals surface area contributed by atoms with E-state index in [4.69, 9.17) is 4.74 Å². The Hall–Kier alpha value is -1.30. The number of carbonyl (C=O) groups excluding carboxylic acids is 2. The van der Waals surface area contributed by atoms with Crippen molar-refractivity contribution < 1.29 is 19.4 Å². The summed E-state index contributed by atoms with van der Waals surface area (Å²) in [5.74, 6) is -0.280. The first-order chi connectivity index (χ1) is 8.11. The summed E-state index contributed by atoms with van der Waals surface area (Å²) in [4.78, 5) is 25.0. The maximum Gasteiger partial charge on any atom is 0.411 e. The van der Waals surface area contributed by atoms with Crippen molar-refractivity contribution in [1.82, 2.24) is 10.2 Å². The Morgan fingerprint density at radius 2 is 2.11 bits per heavy atom. The number of nitrogens with one attached hydrogen (secondary N) is 1. The second-order valence-corrected chi connectivity index (χ2v) is 5.66. The van der Waals surface area contributed by atoms with Crippen LogP contribution in [0.3, 0.4) is 0 Å². The second kappa shape index (κ2) is 5.14. The molecule has 6 heteroatoms. The first-order valence-corrected chi connectivity index (χ1v) is 6.10. The zero-order chi connectivity index (χ0) is 14.1. The molecule has 0 unspecified atom stereocenters. The molecule has 0 radical (unpaired) electrons. The van der Waals surface area contributed by atoms with Crippen LogP contribution in [-0.2, 0) is 9.53 Å². The molecule has 0 saturated carbocycles. The Morgan fingerprint density at radius 1 is 1.56 bits per heavy atom. The summed E-state index contributed by atoms with van der Waals surface area (Å²) in [6, 6.07) is -1.05. The smallest absolute Gasteiger partial charge is 0.411 e. The van der Waals surface area contributed by atoms with Gasteiger partial charge in [-0.3, -0.25) is 9.69 Å². The van der Waals surface area contributed by atoms with Crippen molar-refractivity contribution in [2.75, 3.05) is 6.54 Å². The first-order valence-electron chi connectivity index (χ1n) is 6.10. The normalized spacial score (nSPS) is 26.6. The van der Waals surface area contributed by atoms with E-state index in [1.54, 1.807) is 34.6 Å². The predicted molar refractivity (Wildman–Crippen MR) is 66.0 cm³/mol. The van der Waals surface area contributed by atoms with Crippen molar-refractivity contribution in [2.45, 2.75) is 58.4 Å². The van der Waals surface area contributed by atoms with Gasteiger partial charge in [-0.2, -0.15) is 0 Å². The highest BCUT2D eigenvalue weighted by atomic mass is 16.6. The number of piperazine rings is 1. The van der Waals surface area contributed by atoms with Gasteiger partial charge in [0, 0.05) is 6.54 Å². The molecule has 0 aliphatic carbocycles. The minimum Gasteiger partial charge on any atom is -0.444 e. The molecule has 0 aromatic rings. The summed E-state index contributed by atoms with van der Waals surface area (Å²) < 4.78 is 5.25. The van der Waals surface area contributed by atoms with Crippen LogP contribution in [0.4, 0.5) is 4.79 Å². The fourth-order valence-electron chi connectivity index (χ4n) is 1.69. The average Bonchev–Trinajstić information content (AvgIpc) is 2.18.